The molecule has 1 aliphatic rings. The molecule has 1 amide bonds. The van der Waals surface area contributed by atoms with Crippen LogP contribution >= 0.6 is 0 Å². The van der Waals surface area contributed by atoms with E-state index in [0.717, 1.165) is 30.2 Å². The maximum absolute atomic E-state index is 11.6. The Bertz CT molecular complexity index is 437. The quantitative estimate of drug-likeness (QED) is 0.807. The molecule has 18 heavy (non-hydrogen) atoms. The van der Waals surface area contributed by atoms with Crippen LogP contribution in [0.25, 0.3) is 0 Å². The highest BCUT2D eigenvalue weighted by atomic mass is 16.1. The molecule has 0 unspecified atom stereocenters. The van der Waals surface area contributed by atoms with Gasteiger partial charge in [0.1, 0.15) is 0 Å². The largest absolute Gasteiger partial charge is 0.397 e. The first kappa shape index (κ1) is 12.7. The van der Waals surface area contributed by atoms with E-state index in [2.05, 4.69) is 10.2 Å². The van der Waals surface area contributed by atoms with Gasteiger partial charge in [-0.05, 0) is 31.0 Å². The molecule has 4 heteroatoms. The van der Waals surface area contributed by atoms with E-state index in [1.807, 2.05) is 32.0 Å². The second kappa shape index (κ2) is 5.29. The van der Waals surface area contributed by atoms with E-state index in [9.17, 15) is 4.79 Å². The molecule has 0 bridgehead atoms. The van der Waals surface area contributed by atoms with Crippen molar-refractivity contribution in [3.63, 3.8) is 0 Å². The van der Waals surface area contributed by atoms with E-state index in [-0.39, 0.29) is 11.8 Å². The van der Waals surface area contributed by atoms with Crippen molar-refractivity contribution in [1.82, 2.24) is 0 Å². The molecule has 98 valence electrons. The van der Waals surface area contributed by atoms with Crippen molar-refractivity contribution in [3.8, 4) is 0 Å². The van der Waals surface area contributed by atoms with Gasteiger partial charge in [-0.1, -0.05) is 13.8 Å². The summed E-state index contributed by atoms with van der Waals surface area (Å²) in [6, 6.07) is 5.76. The summed E-state index contributed by atoms with van der Waals surface area (Å²) < 4.78 is 0. The van der Waals surface area contributed by atoms with Crippen LogP contribution in [0.1, 0.15) is 26.7 Å². The molecular formula is C14H21N3O. The van der Waals surface area contributed by atoms with Gasteiger partial charge in [-0.25, -0.2) is 0 Å². The van der Waals surface area contributed by atoms with Crippen LogP contribution in [0.5, 0.6) is 0 Å². The average molecular weight is 247 g/mol. The van der Waals surface area contributed by atoms with E-state index in [1.165, 1.54) is 12.8 Å². The highest BCUT2D eigenvalue weighted by molar-refractivity contribution is 5.93. The van der Waals surface area contributed by atoms with Crippen LogP contribution in [0.3, 0.4) is 0 Å². The van der Waals surface area contributed by atoms with Crippen molar-refractivity contribution in [1.29, 1.82) is 0 Å². The third kappa shape index (κ3) is 2.75. The first-order valence-corrected chi connectivity index (χ1v) is 6.53. The average Bonchev–Trinajstić information content (AvgIpc) is 2.82. The Morgan fingerprint density at radius 2 is 2.00 bits per heavy atom. The van der Waals surface area contributed by atoms with Crippen molar-refractivity contribution in [2.45, 2.75) is 26.7 Å². The molecule has 0 radical (unpaired) electrons. The monoisotopic (exact) mass is 247 g/mol. The van der Waals surface area contributed by atoms with Crippen molar-refractivity contribution >= 4 is 23.0 Å². The van der Waals surface area contributed by atoms with Gasteiger partial charge in [0.15, 0.2) is 0 Å². The molecule has 3 N–H and O–H groups in total. The SMILES string of the molecule is CC(C)C(=O)Nc1ccc(N2CCCC2)c(N)c1. The molecular weight excluding hydrogens is 226 g/mol. The number of amides is 1. The van der Waals surface area contributed by atoms with Crippen LogP contribution in [-0.4, -0.2) is 19.0 Å². The number of benzene rings is 1. The van der Waals surface area contributed by atoms with Crippen molar-refractivity contribution < 1.29 is 4.79 Å². The molecule has 0 spiro atoms. The number of carbonyl (C=O) groups excluding carboxylic acids is 1. The van der Waals surface area contributed by atoms with Gasteiger partial charge in [0, 0.05) is 24.7 Å². The predicted molar refractivity (Wildman–Crippen MR) is 75.8 cm³/mol. The molecule has 0 aromatic heterocycles. The van der Waals surface area contributed by atoms with Gasteiger partial charge in [-0.3, -0.25) is 4.79 Å². The molecule has 1 fully saturated rings. The van der Waals surface area contributed by atoms with Crippen LogP contribution in [0, 0.1) is 5.92 Å². The first-order chi connectivity index (χ1) is 8.58. The molecule has 1 aliphatic heterocycles. The number of rotatable bonds is 3. The van der Waals surface area contributed by atoms with Crippen molar-refractivity contribution in [3.05, 3.63) is 18.2 Å². The van der Waals surface area contributed by atoms with Crippen LogP contribution < -0.4 is 16.0 Å². The fourth-order valence-electron chi connectivity index (χ4n) is 2.16. The normalized spacial score (nSPS) is 15.2. The number of anilines is 3. The summed E-state index contributed by atoms with van der Waals surface area (Å²) in [4.78, 5) is 13.9. The number of nitrogens with one attached hydrogen (secondary N) is 1. The summed E-state index contributed by atoms with van der Waals surface area (Å²) in [5, 5.41) is 2.86. The zero-order chi connectivity index (χ0) is 13.1. The minimum Gasteiger partial charge on any atom is -0.397 e. The van der Waals surface area contributed by atoms with Gasteiger partial charge in [-0.2, -0.15) is 0 Å². The molecule has 1 aromatic rings. The van der Waals surface area contributed by atoms with Gasteiger partial charge in [0.25, 0.3) is 0 Å². The highest BCUT2D eigenvalue weighted by Crippen LogP contribution is 2.29. The lowest BCUT2D eigenvalue weighted by Crippen LogP contribution is -2.20. The van der Waals surface area contributed by atoms with Crippen LogP contribution in [0.4, 0.5) is 17.1 Å². The van der Waals surface area contributed by atoms with Crippen molar-refractivity contribution in [2.75, 3.05) is 29.0 Å². The number of hydrogen-bond acceptors (Lipinski definition) is 3. The first-order valence-electron chi connectivity index (χ1n) is 6.53. The van der Waals surface area contributed by atoms with Crippen LogP contribution in [-0.2, 0) is 4.79 Å². The third-order valence-corrected chi connectivity index (χ3v) is 3.27. The fourth-order valence-corrected chi connectivity index (χ4v) is 2.16. The zero-order valence-electron chi connectivity index (χ0n) is 11.1. The van der Waals surface area contributed by atoms with Crippen molar-refractivity contribution in [2.24, 2.45) is 5.92 Å². The summed E-state index contributed by atoms with van der Waals surface area (Å²) in [6.45, 7) is 5.89. The number of carbonyl (C=O) groups is 1. The summed E-state index contributed by atoms with van der Waals surface area (Å²) in [6.07, 6.45) is 2.45. The summed E-state index contributed by atoms with van der Waals surface area (Å²) in [5.74, 6) is -0.00666. The Hall–Kier alpha value is -1.71. The van der Waals surface area contributed by atoms with Gasteiger partial charge in [0.05, 0.1) is 11.4 Å². The second-order valence-corrected chi connectivity index (χ2v) is 5.11. The molecule has 4 nitrogen and oxygen atoms in total. The Morgan fingerprint density at radius 3 is 2.56 bits per heavy atom. The maximum atomic E-state index is 11.6. The van der Waals surface area contributed by atoms with Gasteiger partial charge < -0.3 is 16.0 Å². The molecule has 0 saturated carbocycles. The lowest BCUT2D eigenvalue weighted by molar-refractivity contribution is -0.118. The fraction of sp³-hybridized carbons (Fsp3) is 0.500. The number of hydrogen-bond donors (Lipinski definition) is 2. The second-order valence-electron chi connectivity index (χ2n) is 5.11. The van der Waals surface area contributed by atoms with Crippen LogP contribution in [0.2, 0.25) is 0 Å². The Balaban J connectivity index is 2.11. The standard InChI is InChI=1S/C14H21N3O/c1-10(2)14(18)16-11-5-6-13(12(15)9-11)17-7-3-4-8-17/h5-6,9-10H,3-4,7-8,15H2,1-2H3,(H,16,18). The van der Waals surface area contributed by atoms with E-state index in [4.69, 9.17) is 5.73 Å². The van der Waals surface area contributed by atoms with E-state index >= 15 is 0 Å². The minimum absolute atomic E-state index is 0.0170. The molecule has 0 atom stereocenters. The summed E-state index contributed by atoms with van der Waals surface area (Å²) in [5.41, 5.74) is 8.65. The molecule has 0 aliphatic carbocycles. The van der Waals surface area contributed by atoms with Crippen LogP contribution in [0.15, 0.2) is 18.2 Å². The predicted octanol–water partition coefficient (Wildman–Crippen LogP) is 2.46. The summed E-state index contributed by atoms with van der Waals surface area (Å²) >= 11 is 0. The number of nitrogen functional groups attached to an aromatic ring is 1. The lowest BCUT2D eigenvalue weighted by atomic mass is 10.2. The van der Waals surface area contributed by atoms with E-state index in [0.29, 0.717) is 0 Å². The number of nitrogens with zero attached hydrogens (tertiary/aromatic N) is 1. The Labute approximate surface area is 108 Å². The minimum atomic E-state index is -0.0236. The van der Waals surface area contributed by atoms with Gasteiger partial charge in [-0.15, -0.1) is 0 Å². The summed E-state index contributed by atoms with van der Waals surface area (Å²) in [7, 11) is 0. The molecule has 1 heterocycles. The van der Waals surface area contributed by atoms with Gasteiger partial charge >= 0.3 is 0 Å². The molecule has 2 rings (SSSR count). The highest BCUT2D eigenvalue weighted by Gasteiger charge is 2.15. The third-order valence-electron chi connectivity index (χ3n) is 3.27. The molecule has 1 aromatic carbocycles. The topological polar surface area (TPSA) is 58.4 Å². The zero-order valence-corrected chi connectivity index (χ0v) is 11.1. The molecule has 1 saturated heterocycles. The Morgan fingerprint density at radius 1 is 1.33 bits per heavy atom. The maximum Gasteiger partial charge on any atom is 0.226 e. The lowest BCUT2D eigenvalue weighted by Gasteiger charge is -2.20. The van der Waals surface area contributed by atoms with E-state index in [1.54, 1.807) is 0 Å². The Kier molecular flexibility index (Phi) is 3.75. The van der Waals surface area contributed by atoms with E-state index < -0.39 is 0 Å². The van der Waals surface area contributed by atoms with Gasteiger partial charge in [0.2, 0.25) is 5.91 Å². The smallest absolute Gasteiger partial charge is 0.226 e. The number of nitrogens with two attached hydrogens (primary N) is 1.